The Morgan fingerprint density at radius 3 is 2.31 bits per heavy atom. The average molecular weight is 714 g/mol. The number of ether oxygens (including phenoxy) is 1. The average Bonchev–Trinajstić information content (AvgIpc) is 3.42. The van der Waals surface area contributed by atoms with E-state index >= 15 is 0 Å². The number of fused-ring (bicyclic) bond motifs is 1. The first kappa shape index (κ1) is 36.2. The van der Waals surface area contributed by atoms with E-state index in [0.29, 0.717) is 41.0 Å². The smallest absolute Gasteiger partial charge is 0.406 e. The molecule has 49 heavy (non-hydrogen) atoms. The Balaban J connectivity index is 1.51. The van der Waals surface area contributed by atoms with Gasteiger partial charge < -0.3 is 24.6 Å². The summed E-state index contributed by atoms with van der Waals surface area (Å²) in [5.74, 6) is 0.399. The number of halogens is 5. The number of aromatic nitrogens is 2. The summed E-state index contributed by atoms with van der Waals surface area (Å²) in [7, 11) is 0. The van der Waals surface area contributed by atoms with E-state index in [1.54, 1.807) is 31.2 Å². The summed E-state index contributed by atoms with van der Waals surface area (Å²) in [5, 5.41) is 13.9. The maximum atomic E-state index is 12.8. The lowest BCUT2D eigenvalue weighted by molar-refractivity contribution is -0.274. The molecule has 1 unspecified atom stereocenters. The van der Waals surface area contributed by atoms with Gasteiger partial charge in [0.2, 0.25) is 0 Å². The van der Waals surface area contributed by atoms with Crippen molar-refractivity contribution in [1.29, 1.82) is 0 Å². The Morgan fingerprint density at radius 2 is 1.67 bits per heavy atom. The van der Waals surface area contributed by atoms with Gasteiger partial charge in [0.1, 0.15) is 17.4 Å². The summed E-state index contributed by atoms with van der Waals surface area (Å²) < 4.78 is 44.4. The van der Waals surface area contributed by atoms with Gasteiger partial charge in [-0.05, 0) is 90.7 Å². The fourth-order valence-electron chi connectivity index (χ4n) is 5.79. The van der Waals surface area contributed by atoms with Crippen LogP contribution < -0.4 is 15.0 Å². The zero-order chi connectivity index (χ0) is 35.1. The first-order valence-corrected chi connectivity index (χ1v) is 16.7. The molecule has 0 radical (unpaired) electrons. The molecule has 0 aliphatic carbocycles. The van der Waals surface area contributed by atoms with Crippen molar-refractivity contribution in [2.45, 2.75) is 52.2 Å². The molecule has 5 rings (SSSR count). The topological polar surface area (TPSA) is 79.6 Å². The zero-order valence-corrected chi connectivity index (χ0v) is 28.6. The molecule has 1 aromatic heterocycles. The maximum absolute atomic E-state index is 12.8. The Morgan fingerprint density at radius 1 is 0.959 bits per heavy atom. The van der Waals surface area contributed by atoms with Crippen LogP contribution in [0.3, 0.4) is 0 Å². The van der Waals surface area contributed by atoms with E-state index in [0.717, 1.165) is 46.4 Å². The van der Waals surface area contributed by atoms with Gasteiger partial charge in [0.25, 0.3) is 0 Å². The molecule has 12 heteroatoms. The van der Waals surface area contributed by atoms with Crippen LogP contribution in [0.4, 0.5) is 18.9 Å². The summed E-state index contributed by atoms with van der Waals surface area (Å²) in [6.45, 7) is 5.78. The Bertz CT molecular complexity index is 1870. The van der Waals surface area contributed by atoms with Crippen molar-refractivity contribution in [2.75, 3.05) is 24.6 Å². The van der Waals surface area contributed by atoms with Crippen molar-refractivity contribution in [3.8, 4) is 17.1 Å². The minimum absolute atomic E-state index is 0.0225. The van der Waals surface area contributed by atoms with E-state index in [1.807, 2.05) is 53.1 Å². The second kappa shape index (κ2) is 16.1. The summed E-state index contributed by atoms with van der Waals surface area (Å²) in [6.07, 6.45) is -3.59. The number of ketones is 1. The van der Waals surface area contributed by atoms with E-state index in [1.165, 1.54) is 12.1 Å². The second-order valence-electron chi connectivity index (χ2n) is 11.8. The first-order valence-electron chi connectivity index (χ1n) is 15.9. The van der Waals surface area contributed by atoms with Crippen LogP contribution in [0.1, 0.15) is 49.4 Å². The van der Waals surface area contributed by atoms with Crippen LogP contribution in [0, 0.1) is 0 Å². The number of anilines is 1. The summed E-state index contributed by atoms with van der Waals surface area (Å²) in [6, 6.07) is 24.7. The number of imidazole rings is 1. The van der Waals surface area contributed by atoms with E-state index in [9.17, 15) is 23.1 Å². The summed E-state index contributed by atoms with van der Waals surface area (Å²) >= 11 is 12.3. The van der Waals surface area contributed by atoms with Gasteiger partial charge >= 0.3 is 6.36 Å². The number of carbonyl (C=O) groups excluding carboxylic acids is 1. The number of Topliss-reactive ketones (excluding diaryl/α,β-unsaturated/α-hetero) is 1. The number of aliphatic hydroxyl groups is 1. The molecule has 258 valence electrons. The van der Waals surface area contributed by atoms with Gasteiger partial charge in [-0.2, -0.15) is 0 Å². The lowest BCUT2D eigenvalue weighted by Crippen LogP contribution is -2.27. The molecule has 7 nitrogen and oxygen atoms in total. The van der Waals surface area contributed by atoms with Crippen LogP contribution in [0.25, 0.3) is 22.4 Å². The molecule has 0 spiro atoms. The molecule has 4 aromatic carbocycles. The van der Waals surface area contributed by atoms with Crippen LogP contribution in [-0.2, 0) is 17.9 Å². The molecular weight excluding hydrogens is 676 g/mol. The van der Waals surface area contributed by atoms with E-state index in [-0.39, 0.29) is 30.6 Å². The number of benzene rings is 4. The molecule has 2 N–H and O–H groups in total. The second-order valence-corrected chi connectivity index (χ2v) is 12.6. The number of rotatable bonds is 15. The van der Waals surface area contributed by atoms with Gasteiger partial charge in [-0.15, -0.1) is 13.2 Å². The Hall–Kier alpha value is -4.09. The highest BCUT2D eigenvalue weighted by Crippen LogP contribution is 2.32. The van der Waals surface area contributed by atoms with Gasteiger partial charge in [0.05, 0.1) is 27.7 Å². The SMILES string of the molecule is CCCN(CCO)c1ccc(-c2nc3cc(C(CC(C)=O)NCc4ccc(Cl)c(Cl)c4)ccc3n2Cc2ccc(OC(F)(F)F)cc2)cc1. The predicted molar refractivity (Wildman–Crippen MR) is 188 cm³/mol. The molecule has 1 heterocycles. The lowest BCUT2D eigenvalue weighted by Gasteiger charge is -2.23. The maximum Gasteiger partial charge on any atom is 0.573 e. The number of nitrogens with one attached hydrogen (secondary N) is 1. The van der Waals surface area contributed by atoms with Crippen molar-refractivity contribution in [3.05, 3.63) is 112 Å². The first-order chi connectivity index (χ1) is 23.4. The molecule has 0 aliphatic rings. The summed E-state index contributed by atoms with van der Waals surface area (Å²) in [5.41, 5.74) is 5.89. The zero-order valence-electron chi connectivity index (χ0n) is 27.1. The monoisotopic (exact) mass is 712 g/mol. The van der Waals surface area contributed by atoms with Crippen LogP contribution in [0.15, 0.2) is 84.9 Å². The van der Waals surface area contributed by atoms with Crippen molar-refractivity contribution < 1.29 is 27.8 Å². The largest absolute Gasteiger partial charge is 0.573 e. The molecular formula is C37H37Cl2F3N4O3. The van der Waals surface area contributed by atoms with Crippen molar-refractivity contribution in [3.63, 3.8) is 0 Å². The van der Waals surface area contributed by atoms with Crippen molar-refractivity contribution in [2.24, 2.45) is 0 Å². The third-order valence-electron chi connectivity index (χ3n) is 8.05. The third-order valence-corrected chi connectivity index (χ3v) is 8.79. The van der Waals surface area contributed by atoms with E-state index < -0.39 is 6.36 Å². The summed E-state index contributed by atoms with van der Waals surface area (Å²) in [4.78, 5) is 19.5. The number of alkyl halides is 3. The van der Waals surface area contributed by atoms with E-state index in [2.05, 4.69) is 21.9 Å². The molecule has 0 fully saturated rings. The predicted octanol–water partition coefficient (Wildman–Crippen LogP) is 8.98. The van der Waals surface area contributed by atoms with Crippen molar-refractivity contribution >= 4 is 45.7 Å². The number of carbonyl (C=O) groups is 1. The molecule has 5 aromatic rings. The highest BCUT2D eigenvalue weighted by molar-refractivity contribution is 6.42. The fraction of sp³-hybridized carbons (Fsp3) is 0.297. The van der Waals surface area contributed by atoms with E-state index in [4.69, 9.17) is 28.2 Å². The fourth-order valence-corrected chi connectivity index (χ4v) is 6.11. The number of aliphatic hydroxyl groups excluding tert-OH is 1. The third kappa shape index (κ3) is 9.54. The Labute approximate surface area is 293 Å². The number of nitrogens with zero attached hydrogens (tertiary/aromatic N) is 3. The van der Waals surface area contributed by atoms with Crippen LogP contribution in [0.2, 0.25) is 10.0 Å². The lowest BCUT2D eigenvalue weighted by atomic mass is 10.0. The molecule has 0 saturated carbocycles. The number of hydrogen-bond donors (Lipinski definition) is 2. The van der Waals surface area contributed by atoms with Gasteiger partial charge in [0.15, 0.2) is 0 Å². The highest BCUT2D eigenvalue weighted by Gasteiger charge is 2.31. The van der Waals surface area contributed by atoms with Crippen molar-refractivity contribution in [1.82, 2.24) is 14.9 Å². The minimum Gasteiger partial charge on any atom is -0.406 e. The van der Waals surface area contributed by atoms with Gasteiger partial charge in [0, 0.05) is 49.9 Å². The quantitative estimate of drug-likeness (QED) is 0.113. The molecule has 0 saturated heterocycles. The van der Waals surface area contributed by atoms with Gasteiger partial charge in [-0.25, -0.2) is 4.98 Å². The van der Waals surface area contributed by atoms with Crippen LogP contribution >= 0.6 is 23.2 Å². The highest BCUT2D eigenvalue weighted by atomic mass is 35.5. The van der Waals surface area contributed by atoms with Gasteiger partial charge in [-0.3, -0.25) is 4.79 Å². The molecule has 0 aliphatic heterocycles. The molecule has 1 atom stereocenters. The normalized spacial score (nSPS) is 12.3. The standard InChI is InChI=1S/C37H37Cl2F3N4O3/c1-3-16-45(17-18-47)29-10-7-27(8-11-29)36-44-34-21-28(33(19-24(2)48)43-22-26-6-14-31(38)32(39)20-26)9-15-35(34)46(36)23-25-4-12-30(13-5-25)49-37(40,41)42/h4-15,20-21,33,43,47H,3,16-19,22-23H2,1-2H3. The Kier molecular flexibility index (Phi) is 11.9. The van der Waals surface area contributed by atoms with Gasteiger partial charge in [-0.1, -0.05) is 54.4 Å². The molecule has 0 bridgehead atoms. The minimum atomic E-state index is -4.78. The number of hydrogen-bond acceptors (Lipinski definition) is 6. The molecule has 0 amide bonds. The van der Waals surface area contributed by atoms with Crippen LogP contribution in [-0.4, -0.2) is 46.5 Å². The van der Waals surface area contributed by atoms with Crippen LogP contribution in [0.5, 0.6) is 5.75 Å².